The molecule has 0 radical (unpaired) electrons. The van der Waals surface area contributed by atoms with Gasteiger partial charge < -0.3 is 15.5 Å². The molecule has 0 bridgehead atoms. The van der Waals surface area contributed by atoms with Crippen LogP contribution in [0.2, 0.25) is 10.0 Å². The fraction of sp³-hybridized carbons (Fsp3) is 0.588. The third-order valence-electron chi connectivity index (χ3n) is 4.20. The van der Waals surface area contributed by atoms with Gasteiger partial charge in [0, 0.05) is 36.7 Å². The zero-order valence-corrected chi connectivity index (χ0v) is 15.4. The van der Waals surface area contributed by atoms with Gasteiger partial charge in [-0.25, -0.2) is 0 Å². The average Bonchev–Trinajstić information content (AvgIpc) is 2.94. The molecule has 1 fully saturated rings. The molecule has 23 heavy (non-hydrogen) atoms. The molecule has 6 heteroatoms. The van der Waals surface area contributed by atoms with Gasteiger partial charge in [-0.15, -0.1) is 0 Å². The van der Waals surface area contributed by atoms with Crippen molar-refractivity contribution in [3.05, 3.63) is 33.8 Å². The fourth-order valence-electron chi connectivity index (χ4n) is 2.86. The summed E-state index contributed by atoms with van der Waals surface area (Å²) in [6, 6.07) is 5.68. The number of nitrogens with zero attached hydrogens (tertiary/aromatic N) is 2. The van der Waals surface area contributed by atoms with Crippen LogP contribution in [0.4, 0.5) is 0 Å². The van der Waals surface area contributed by atoms with Crippen molar-refractivity contribution in [3.8, 4) is 0 Å². The van der Waals surface area contributed by atoms with Gasteiger partial charge in [0.25, 0.3) is 0 Å². The van der Waals surface area contributed by atoms with Crippen molar-refractivity contribution in [2.45, 2.75) is 19.3 Å². The lowest BCUT2D eigenvalue weighted by Crippen LogP contribution is -2.40. The SMILES string of the molecule is CN=C(NCCCc1ccc(Cl)cc1Cl)NCC1CCN(C)C1. The van der Waals surface area contributed by atoms with Crippen molar-refractivity contribution >= 4 is 29.2 Å². The Morgan fingerprint density at radius 1 is 1.35 bits per heavy atom. The highest BCUT2D eigenvalue weighted by atomic mass is 35.5. The van der Waals surface area contributed by atoms with Crippen LogP contribution < -0.4 is 10.6 Å². The third kappa shape index (κ3) is 6.21. The summed E-state index contributed by atoms with van der Waals surface area (Å²) in [6.07, 6.45) is 3.18. The first kappa shape index (κ1) is 18.4. The Hall–Kier alpha value is -0.970. The lowest BCUT2D eigenvalue weighted by molar-refractivity contribution is 0.394. The van der Waals surface area contributed by atoms with E-state index in [1.807, 2.05) is 19.2 Å². The first-order valence-electron chi connectivity index (χ1n) is 8.15. The summed E-state index contributed by atoms with van der Waals surface area (Å²) in [4.78, 5) is 6.65. The summed E-state index contributed by atoms with van der Waals surface area (Å²) in [6.45, 7) is 4.20. The molecule has 4 nitrogen and oxygen atoms in total. The second-order valence-corrected chi connectivity index (χ2v) is 6.98. The molecule has 1 aromatic carbocycles. The molecule has 2 rings (SSSR count). The zero-order valence-electron chi connectivity index (χ0n) is 13.9. The van der Waals surface area contributed by atoms with Crippen LogP contribution in [-0.4, -0.2) is 51.1 Å². The second-order valence-electron chi connectivity index (χ2n) is 6.14. The van der Waals surface area contributed by atoms with E-state index in [9.17, 15) is 0 Å². The van der Waals surface area contributed by atoms with E-state index in [1.165, 1.54) is 19.5 Å². The minimum atomic E-state index is 0.680. The summed E-state index contributed by atoms with van der Waals surface area (Å²) in [5.41, 5.74) is 1.13. The van der Waals surface area contributed by atoms with Crippen molar-refractivity contribution in [2.24, 2.45) is 10.9 Å². The van der Waals surface area contributed by atoms with E-state index in [-0.39, 0.29) is 0 Å². The number of nitrogens with one attached hydrogen (secondary N) is 2. The largest absolute Gasteiger partial charge is 0.356 e. The number of hydrogen-bond acceptors (Lipinski definition) is 2. The molecule has 0 spiro atoms. The molecular formula is C17H26Cl2N4. The maximum atomic E-state index is 6.19. The summed E-state index contributed by atoms with van der Waals surface area (Å²) in [5, 5.41) is 8.20. The summed E-state index contributed by atoms with van der Waals surface area (Å²) >= 11 is 12.1. The monoisotopic (exact) mass is 356 g/mol. The normalized spacial score (nSPS) is 19.1. The molecule has 1 aliphatic heterocycles. The number of halogens is 2. The van der Waals surface area contributed by atoms with E-state index in [2.05, 4.69) is 27.6 Å². The highest BCUT2D eigenvalue weighted by Gasteiger charge is 2.19. The maximum Gasteiger partial charge on any atom is 0.190 e. The Labute approximate surface area is 149 Å². The molecular weight excluding hydrogens is 331 g/mol. The molecule has 0 saturated carbocycles. The number of rotatable bonds is 6. The summed E-state index contributed by atoms with van der Waals surface area (Å²) in [5.74, 6) is 1.59. The first-order chi connectivity index (χ1) is 11.1. The topological polar surface area (TPSA) is 39.7 Å². The molecule has 1 aromatic rings. The molecule has 0 aliphatic carbocycles. The van der Waals surface area contributed by atoms with Crippen molar-refractivity contribution in [2.75, 3.05) is 40.3 Å². The number of aliphatic imine (C=N–C) groups is 1. The number of aryl methyl sites for hydroxylation is 1. The van der Waals surface area contributed by atoms with Crippen LogP contribution in [-0.2, 0) is 6.42 Å². The first-order valence-corrected chi connectivity index (χ1v) is 8.91. The van der Waals surface area contributed by atoms with Gasteiger partial charge in [-0.2, -0.15) is 0 Å². The quantitative estimate of drug-likeness (QED) is 0.467. The Morgan fingerprint density at radius 2 is 2.17 bits per heavy atom. The highest BCUT2D eigenvalue weighted by molar-refractivity contribution is 6.35. The maximum absolute atomic E-state index is 6.19. The minimum absolute atomic E-state index is 0.680. The fourth-order valence-corrected chi connectivity index (χ4v) is 3.37. The molecule has 0 aromatic heterocycles. The van der Waals surface area contributed by atoms with E-state index >= 15 is 0 Å². The lowest BCUT2D eigenvalue weighted by Gasteiger charge is -2.15. The Kier molecular flexibility index (Phi) is 7.47. The van der Waals surface area contributed by atoms with E-state index < -0.39 is 0 Å². The lowest BCUT2D eigenvalue weighted by atomic mass is 10.1. The van der Waals surface area contributed by atoms with Crippen LogP contribution in [0.1, 0.15) is 18.4 Å². The number of likely N-dealkylation sites (tertiary alicyclic amines) is 1. The predicted molar refractivity (Wildman–Crippen MR) is 99.8 cm³/mol. The molecule has 1 atom stereocenters. The number of benzene rings is 1. The van der Waals surface area contributed by atoms with Crippen LogP contribution in [0.15, 0.2) is 23.2 Å². The average molecular weight is 357 g/mol. The minimum Gasteiger partial charge on any atom is -0.356 e. The van der Waals surface area contributed by atoms with Crippen LogP contribution in [0.5, 0.6) is 0 Å². The van der Waals surface area contributed by atoms with Gasteiger partial charge in [0.2, 0.25) is 0 Å². The highest BCUT2D eigenvalue weighted by Crippen LogP contribution is 2.21. The molecule has 1 heterocycles. The van der Waals surface area contributed by atoms with E-state index in [1.54, 1.807) is 6.07 Å². The van der Waals surface area contributed by atoms with Gasteiger partial charge in [0.1, 0.15) is 0 Å². The number of guanidine groups is 1. The van der Waals surface area contributed by atoms with Gasteiger partial charge >= 0.3 is 0 Å². The van der Waals surface area contributed by atoms with Crippen LogP contribution in [0.25, 0.3) is 0 Å². The Bertz CT molecular complexity index is 533. The Balaban J connectivity index is 1.65. The van der Waals surface area contributed by atoms with Crippen LogP contribution in [0, 0.1) is 5.92 Å². The van der Waals surface area contributed by atoms with E-state index in [4.69, 9.17) is 23.2 Å². The van der Waals surface area contributed by atoms with Gasteiger partial charge in [0.15, 0.2) is 5.96 Å². The standard InChI is InChI=1S/C17H26Cl2N4/c1-20-17(22-11-13-7-9-23(2)12-13)21-8-3-4-14-5-6-15(18)10-16(14)19/h5-6,10,13H,3-4,7-9,11-12H2,1-2H3,(H2,20,21,22). The van der Waals surface area contributed by atoms with Gasteiger partial charge in [-0.3, -0.25) is 4.99 Å². The van der Waals surface area contributed by atoms with Gasteiger partial charge in [0.05, 0.1) is 0 Å². The van der Waals surface area contributed by atoms with Gasteiger partial charge in [-0.1, -0.05) is 29.3 Å². The smallest absolute Gasteiger partial charge is 0.190 e. The number of hydrogen-bond donors (Lipinski definition) is 2. The Morgan fingerprint density at radius 3 is 2.83 bits per heavy atom. The second kappa shape index (κ2) is 9.36. The van der Waals surface area contributed by atoms with Crippen molar-refractivity contribution in [1.82, 2.24) is 15.5 Å². The van der Waals surface area contributed by atoms with E-state index in [0.717, 1.165) is 42.5 Å². The van der Waals surface area contributed by atoms with Crippen molar-refractivity contribution < 1.29 is 0 Å². The third-order valence-corrected chi connectivity index (χ3v) is 4.79. The molecule has 0 amide bonds. The van der Waals surface area contributed by atoms with Crippen molar-refractivity contribution in [1.29, 1.82) is 0 Å². The summed E-state index contributed by atoms with van der Waals surface area (Å²) < 4.78 is 0. The summed E-state index contributed by atoms with van der Waals surface area (Å²) in [7, 11) is 3.99. The van der Waals surface area contributed by atoms with Crippen molar-refractivity contribution in [3.63, 3.8) is 0 Å². The predicted octanol–water partition coefficient (Wildman–Crippen LogP) is 3.04. The molecule has 1 aliphatic rings. The molecule has 2 N–H and O–H groups in total. The van der Waals surface area contributed by atoms with E-state index in [0.29, 0.717) is 10.9 Å². The van der Waals surface area contributed by atoms with Crippen LogP contribution >= 0.6 is 23.2 Å². The zero-order chi connectivity index (χ0) is 16.7. The molecule has 128 valence electrons. The molecule has 1 saturated heterocycles. The van der Waals surface area contributed by atoms with Crippen LogP contribution in [0.3, 0.4) is 0 Å². The van der Waals surface area contributed by atoms with Gasteiger partial charge in [-0.05, 0) is 56.5 Å². The molecule has 1 unspecified atom stereocenters.